The number of anilines is 1. The molecule has 0 aromatic heterocycles. The lowest BCUT2D eigenvalue weighted by Crippen LogP contribution is -2.32. The quantitative estimate of drug-likeness (QED) is 0.452. The van der Waals surface area contributed by atoms with Gasteiger partial charge in [-0.3, -0.25) is 19.2 Å². The number of non-ortho nitro benzene ring substituents is 1. The van der Waals surface area contributed by atoms with Crippen LogP contribution in [0.4, 0.5) is 11.4 Å². The smallest absolute Gasteiger partial charge is 0.303 e. The van der Waals surface area contributed by atoms with Crippen LogP contribution in [0.1, 0.15) is 12.8 Å². The molecule has 2 aromatic carbocycles. The molecule has 144 valence electrons. The van der Waals surface area contributed by atoms with Crippen molar-refractivity contribution in [2.45, 2.75) is 17.7 Å². The van der Waals surface area contributed by atoms with Crippen LogP contribution in [0.15, 0.2) is 51.8 Å². The molecule has 0 aliphatic rings. The number of rotatable bonds is 8. The summed E-state index contributed by atoms with van der Waals surface area (Å²) in [6.07, 6.45) is -0.203. The van der Waals surface area contributed by atoms with Crippen LogP contribution >= 0.6 is 27.5 Å². The highest BCUT2D eigenvalue weighted by molar-refractivity contribution is 9.10. The molecule has 0 atom stereocenters. The summed E-state index contributed by atoms with van der Waals surface area (Å²) in [4.78, 5) is 20.8. The van der Waals surface area contributed by atoms with E-state index in [0.717, 1.165) is 10.4 Å². The molecular weight excluding hydrogens is 464 g/mol. The van der Waals surface area contributed by atoms with E-state index in [1.54, 1.807) is 6.07 Å². The zero-order valence-electron chi connectivity index (χ0n) is 13.7. The molecule has 0 radical (unpaired) electrons. The van der Waals surface area contributed by atoms with Crippen LogP contribution in [0.2, 0.25) is 5.02 Å². The highest BCUT2D eigenvalue weighted by Crippen LogP contribution is 2.33. The third kappa shape index (κ3) is 5.18. The monoisotopic (exact) mass is 476 g/mol. The second-order valence-corrected chi connectivity index (χ2v) is 8.61. The second-order valence-electron chi connectivity index (χ2n) is 5.42. The number of hydrogen-bond donors (Lipinski definition) is 1. The van der Waals surface area contributed by atoms with E-state index in [4.69, 9.17) is 16.7 Å². The van der Waals surface area contributed by atoms with Crippen molar-refractivity contribution >= 4 is 54.9 Å². The number of nitro groups is 1. The fourth-order valence-corrected chi connectivity index (χ4v) is 4.70. The number of carbonyl (C=O) groups is 1. The summed E-state index contributed by atoms with van der Waals surface area (Å²) >= 11 is 9.41. The Morgan fingerprint density at radius 2 is 1.96 bits per heavy atom. The molecule has 1 N–H and O–H groups in total. The average molecular weight is 478 g/mol. The van der Waals surface area contributed by atoms with Gasteiger partial charge in [-0.05, 0) is 30.7 Å². The molecule has 0 spiro atoms. The molecular formula is C16H14BrClN2O6S. The van der Waals surface area contributed by atoms with Crippen molar-refractivity contribution in [1.82, 2.24) is 0 Å². The van der Waals surface area contributed by atoms with E-state index in [9.17, 15) is 23.3 Å². The van der Waals surface area contributed by atoms with Crippen molar-refractivity contribution in [1.29, 1.82) is 0 Å². The third-order valence-electron chi connectivity index (χ3n) is 3.55. The van der Waals surface area contributed by atoms with Crippen molar-refractivity contribution in [3.05, 3.63) is 62.1 Å². The van der Waals surface area contributed by atoms with Gasteiger partial charge in [0.25, 0.3) is 15.7 Å². The number of carboxylic acids is 1. The Labute approximate surface area is 168 Å². The number of nitrogens with zero attached hydrogens (tertiary/aromatic N) is 2. The standard InChI is InChI=1S/C16H14BrClN2O6S/c17-11-6-7-15(14(18)9-11)19(8-2-5-16(21)22)27(25,26)13-4-1-3-12(10-13)20(23)24/h1,3-4,6-7,9-10H,2,5,8H2,(H,21,22). The van der Waals surface area contributed by atoms with Crippen molar-refractivity contribution in [3.63, 3.8) is 0 Å². The molecule has 0 unspecified atom stereocenters. The van der Waals surface area contributed by atoms with Crippen LogP contribution in [0.3, 0.4) is 0 Å². The van der Waals surface area contributed by atoms with Crippen LogP contribution in [-0.2, 0) is 14.8 Å². The minimum atomic E-state index is -4.21. The maximum Gasteiger partial charge on any atom is 0.303 e. The Kier molecular flexibility index (Phi) is 6.79. The normalized spacial score (nSPS) is 11.2. The first-order valence-corrected chi connectivity index (χ1v) is 10.2. The number of sulfonamides is 1. The van der Waals surface area contributed by atoms with Gasteiger partial charge in [0, 0.05) is 29.6 Å². The summed E-state index contributed by atoms with van der Waals surface area (Å²) in [6, 6.07) is 9.20. The highest BCUT2D eigenvalue weighted by Gasteiger charge is 2.28. The zero-order chi connectivity index (χ0) is 20.2. The molecule has 2 aromatic rings. The van der Waals surface area contributed by atoms with Crippen molar-refractivity contribution in [2.75, 3.05) is 10.8 Å². The number of benzene rings is 2. The number of nitro benzene ring substituents is 1. The molecule has 0 aliphatic heterocycles. The van der Waals surface area contributed by atoms with E-state index < -0.39 is 20.9 Å². The Morgan fingerprint density at radius 1 is 1.26 bits per heavy atom. The second kappa shape index (κ2) is 8.68. The predicted octanol–water partition coefficient (Wildman–Crippen LogP) is 4.07. The summed E-state index contributed by atoms with van der Waals surface area (Å²) in [5, 5.41) is 19.9. The first-order valence-electron chi connectivity index (χ1n) is 7.57. The molecule has 0 amide bonds. The lowest BCUT2D eigenvalue weighted by molar-refractivity contribution is -0.385. The van der Waals surface area contributed by atoms with E-state index in [1.807, 2.05) is 0 Å². The molecule has 0 saturated heterocycles. The molecule has 11 heteroatoms. The fraction of sp³-hybridized carbons (Fsp3) is 0.188. The molecule has 0 aliphatic carbocycles. The lowest BCUT2D eigenvalue weighted by atomic mass is 10.3. The van der Waals surface area contributed by atoms with Crippen LogP contribution in [0, 0.1) is 10.1 Å². The van der Waals surface area contributed by atoms with E-state index >= 15 is 0 Å². The van der Waals surface area contributed by atoms with E-state index in [2.05, 4.69) is 15.9 Å². The molecule has 0 saturated carbocycles. The first kappa shape index (κ1) is 21.1. The minimum Gasteiger partial charge on any atom is -0.481 e. The van der Waals surface area contributed by atoms with Crippen molar-refractivity contribution in [2.24, 2.45) is 0 Å². The van der Waals surface area contributed by atoms with Gasteiger partial charge in [0.15, 0.2) is 0 Å². The summed E-state index contributed by atoms with van der Waals surface area (Å²) in [6.45, 7) is -0.154. The van der Waals surface area contributed by atoms with Gasteiger partial charge in [0.1, 0.15) is 0 Å². The van der Waals surface area contributed by atoms with Crippen molar-refractivity contribution in [3.8, 4) is 0 Å². The van der Waals surface area contributed by atoms with E-state index in [1.165, 1.54) is 30.3 Å². The highest BCUT2D eigenvalue weighted by atomic mass is 79.9. The molecule has 0 bridgehead atoms. The summed E-state index contributed by atoms with van der Waals surface area (Å²) in [7, 11) is -4.21. The largest absolute Gasteiger partial charge is 0.481 e. The third-order valence-corrected chi connectivity index (χ3v) is 6.15. The Balaban J connectivity index is 2.52. The van der Waals surface area contributed by atoms with E-state index in [-0.39, 0.29) is 40.7 Å². The molecule has 2 rings (SSSR count). The Bertz CT molecular complexity index is 983. The van der Waals surface area contributed by atoms with Gasteiger partial charge in [-0.25, -0.2) is 8.42 Å². The van der Waals surface area contributed by atoms with Gasteiger partial charge in [-0.15, -0.1) is 0 Å². The van der Waals surface area contributed by atoms with Crippen LogP contribution in [-0.4, -0.2) is 31.0 Å². The topological polar surface area (TPSA) is 118 Å². The number of aliphatic carboxylic acids is 1. The average Bonchev–Trinajstić information content (AvgIpc) is 2.59. The molecule has 0 fully saturated rings. The van der Waals surface area contributed by atoms with E-state index in [0.29, 0.717) is 4.47 Å². The Hall–Kier alpha value is -2.17. The zero-order valence-corrected chi connectivity index (χ0v) is 16.9. The minimum absolute atomic E-state index is 0.0376. The number of hydrogen-bond acceptors (Lipinski definition) is 5. The number of halogens is 2. The fourth-order valence-electron chi connectivity index (χ4n) is 2.31. The molecule has 8 nitrogen and oxygen atoms in total. The van der Waals surface area contributed by atoms with Crippen LogP contribution in [0.25, 0.3) is 0 Å². The van der Waals surface area contributed by atoms with Crippen LogP contribution in [0.5, 0.6) is 0 Å². The van der Waals surface area contributed by atoms with Gasteiger partial charge < -0.3 is 5.11 Å². The predicted molar refractivity (Wildman–Crippen MR) is 104 cm³/mol. The molecule has 27 heavy (non-hydrogen) atoms. The summed E-state index contributed by atoms with van der Waals surface area (Å²) < 4.78 is 27.8. The van der Waals surface area contributed by atoms with Crippen LogP contribution < -0.4 is 4.31 Å². The molecule has 0 heterocycles. The van der Waals surface area contributed by atoms with Gasteiger partial charge in [0.05, 0.1) is 20.5 Å². The van der Waals surface area contributed by atoms with Gasteiger partial charge in [-0.1, -0.05) is 33.6 Å². The van der Waals surface area contributed by atoms with Gasteiger partial charge in [-0.2, -0.15) is 0 Å². The summed E-state index contributed by atoms with van der Waals surface area (Å²) in [5.74, 6) is -1.07. The number of carboxylic acid groups (broad SMARTS) is 1. The lowest BCUT2D eigenvalue weighted by Gasteiger charge is -2.25. The first-order chi connectivity index (χ1) is 12.6. The van der Waals surface area contributed by atoms with Crippen molar-refractivity contribution < 1.29 is 23.2 Å². The SMILES string of the molecule is O=C(O)CCCN(c1ccc(Br)cc1Cl)S(=O)(=O)c1cccc([N+](=O)[O-])c1. The maximum absolute atomic E-state index is 13.1. The van der Waals surface area contributed by atoms with Gasteiger partial charge >= 0.3 is 5.97 Å². The van der Waals surface area contributed by atoms with Gasteiger partial charge in [0.2, 0.25) is 0 Å². The summed E-state index contributed by atoms with van der Waals surface area (Å²) in [5.41, 5.74) is -0.222. The Morgan fingerprint density at radius 3 is 2.56 bits per heavy atom. The maximum atomic E-state index is 13.1.